The van der Waals surface area contributed by atoms with Gasteiger partial charge in [-0.15, -0.1) is 0 Å². The fourth-order valence-electron chi connectivity index (χ4n) is 6.94. The van der Waals surface area contributed by atoms with Crippen molar-refractivity contribution < 1.29 is 0 Å². The molecule has 6 nitrogen and oxygen atoms in total. The van der Waals surface area contributed by atoms with E-state index in [2.05, 4.69) is 113 Å². The van der Waals surface area contributed by atoms with Gasteiger partial charge in [0.15, 0.2) is 0 Å². The van der Waals surface area contributed by atoms with Crippen LogP contribution in [0, 0.1) is 0 Å². The quantitative estimate of drug-likeness (QED) is 0.173. The third-order valence-electron chi connectivity index (χ3n) is 9.47. The monoisotopic (exact) mass is 652 g/mol. The van der Waals surface area contributed by atoms with Crippen LogP contribution in [0.5, 0.6) is 0 Å². The van der Waals surface area contributed by atoms with Crippen LogP contribution in [0.25, 0.3) is 94.6 Å². The topological polar surface area (TPSA) is 68.9 Å². The second kappa shape index (κ2) is 11.8. The Bertz CT molecular complexity index is 2900. The highest BCUT2D eigenvalue weighted by Crippen LogP contribution is 2.36. The standard InChI is InChI=1S/C45H28N6/c1-2-9-29(10-3-1)42-28-51-26-24-35-43(45(51)50-42)34-11-4-5-12-39(34)49-44(35)31-18-16-30(17-19-31)37-22-20-33-27-32(21-23-38(33)47-37)36-14-8-15-41(48-36)40-13-6-7-25-46-40/h1-28H. The lowest BCUT2D eigenvalue weighted by Crippen LogP contribution is -1.93. The fraction of sp³-hybridized carbons (Fsp3) is 0. The number of para-hydroxylation sites is 1. The van der Waals surface area contributed by atoms with Crippen LogP contribution in [0.3, 0.4) is 0 Å². The van der Waals surface area contributed by atoms with Crippen molar-refractivity contribution in [3.05, 3.63) is 170 Å². The zero-order valence-corrected chi connectivity index (χ0v) is 27.3. The molecule has 6 aromatic heterocycles. The summed E-state index contributed by atoms with van der Waals surface area (Å²) in [5.74, 6) is 0. The molecule has 0 bridgehead atoms. The SMILES string of the molecule is c1ccc(-c2cn3ccc4c(-c5ccc(-c6ccc7cc(-c8cccc(-c9ccccn9)n8)ccc7n6)cc5)nc5ccccc5c4c3n2)cc1. The zero-order chi connectivity index (χ0) is 33.7. The summed E-state index contributed by atoms with van der Waals surface area (Å²) < 4.78 is 2.12. The van der Waals surface area contributed by atoms with Crippen LogP contribution in [0.15, 0.2) is 170 Å². The Balaban J connectivity index is 1.01. The van der Waals surface area contributed by atoms with Gasteiger partial charge in [-0.25, -0.2) is 19.9 Å². The van der Waals surface area contributed by atoms with E-state index in [4.69, 9.17) is 19.9 Å². The molecule has 6 heterocycles. The van der Waals surface area contributed by atoms with Gasteiger partial charge in [-0.3, -0.25) is 4.98 Å². The molecular formula is C45H28N6. The van der Waals surface area contributed by atoms with E-state index in [-0.39, 0.29) is 0 Å². The first kappa shape index (κ1) is 28.9. The summed E-state index contributed by atoms with van der Waals surface area (Å²) in [6.07, 6.45) is 5.98. The van der Waals surface area contributed by atoms with Crippen molar-refractivity contribution >= 4 is 38.2 Å². The Labute approximate surface area is 293 Å². The van der Waals surface area contributed by atoms with Crippen molar-refractivity contribution in [3.8, 4) is 56.4 Å². The number of pyridine rings is 5. The minimum absolute atomic E-state index is 0.851. The van der Waals surface area contributed by atoms with Crippen LogP contribution in [-0.2, 0) is 0 Å². The van der Waals surface area contributed by atoms with Crippen LogP contribution < -0.4 is 0 Å². The smallest absolute Gasteiger partial charge is 0.146 e. The van der Waals surface area contributed by atoms with E-state index < -0.39 is 0 Å². The molecular weight excluding hydrogens is 625 g/mol. The summed E-state index contributed by atoms with van der Waals surface area (Å²) in [4.78, 5) is 24.7. The number of hydrogen-bond donors (Lipinski definition) is 0. The summed E-state index contributed by atoms with van der Waals surface area (Å²) in [5, 5.41) is 4.31. The van der Waals surface area contributed by atoms with Gasteiger partial charge in [0, 0.05) is 62.4 Å². The molecule has 4 aromatic carbocycles. The largest absolute Gasteiger partial charge is 0.306 e. The molecule has 10 aromatic rings. The lowest BCUT2D eigenvalue weighted by molar-refractivity contribution is 1.20. The van der Waals surface area contributed by atoms with Crippen molar-refractivity contribution in [3.63, 3.8) is 0 Å². The van der Waals surface area contributed by atoms with E-state index in [1.54, 1.807) is 6.20 Å². The minimum atomic E-state index is 0.851. The van der Waals surface area contributed by atoms with Crippen LogP contribution >= 0.6 is 0 Å². The molecule has 10 rings (SSSR count). The number of nitrogens with zero attached hydrogens (tertiary/aromatic N) is 6. The lowest BCUT2D eigenvalue weighted by atomic mass is 9.99. The van der Waals surface area contributed by atoms with E-state index in [0.717, 1.165) is 94.6 Å². The van der Waals surface area contributed by atoms with Gasteiger partial charge in [0.1, 0.15) is 5.65 Å². The summed E-state index contributed by atoms with van der Waals surface area (Å²) in [5.41, 5.74) is 12.4. The van der Waals surface area contributed by atoms with Crippen molar-refractivity contribution in [2.75, 3.05) is 0 Å². The van der Waals surface area contributed by atoms with Gasteiger partial charge in [0.2, 0.25) is 0 Å². The van der Waals surface area contributed by atoms with Crippen molar-refractivity contribution in [1.82, 2.24) is 29.3 Å². The molecule has 0 aliphatic carbocycles. The molecule has 0 spiro atoms. The van der Waals surface area contributed by atoms with Gasteiger partial charge in [0.25, 0.3) is 0 Å². The maximum Gasteiger partial charge on any atom is 0.146 e. The summed E-state index contributed by atoms with van der Waals surface area (Å²) in [7, 11) is 0. The molecule has 0 amide bonds. The molecule has 0 atom stereocenters. The van der Waals surface area contributed by atoms with Crippen LogP contribution in [0.1, 0.15) is 0 Å². The Hall–Kier alpha value is -7.05. The highest BCUT2D eigenvalue weighted by Gasteiger charge is 2.16. The molecule has 0 aliphatic heterocycles. The van der Waals surface area contributed by atoms with Gasteiger partial charge in [-0.1, -0.05) is 97.1 Å². The predicted octanol–water partition coefficient (Wildman–Crippen LogP) is 10.7. The number of hydrogen-bond acceptors (Lipinski definition) is 5. The van der Waals surface area contributed by atoms with Gasteiger partial charge in [-0.2, -0.15) is 0 Å². The first-order chi connectivity index (χ1) is 25.2. The molecule has 6 heteroatoms. The average Bonchev–Trinajstić information content (AvgIpc) is 3.66. The molecule has 238 valence electrons. The number of rotatable bonds is 5. The molecule has 0 fully saturated rings. The van der Waals surface area contributed by atoms with Gasteiger partial charge < -0.3 is 4.40 Å². The summed E-state index contributed by atoms with van der Waals surface area (Å²) in [6.45, 7) is 0. The van der Waals surface area contributed by atoms with Crippen molar-refractivity contribution in [1.29, 1.82) is 0 Å². The van der Waals surface area contributed by atoms with Crippen LogP contribution in [0.2, 0.25) is 0 Å². The highest BCUT2D eigenvalue weighted by molar-refractivity contribution is 6.16. The van der Waals surface area contributed by atoms with E-state index in [0.29, 0.717) is 0 Å². The summed E-state index contributed by atoms with van der Waals surface area (Å²) in [6, 6.07) is 51.8. The highest BCUT2D eigenvalue weighted by atomic mass is 15.0. The Kier molecular flexibility index (Phi) is 6.70. The normalized spacial score (nSPS) is 11.5. The molecule has 0 unspecified atom stereocenters. The second-order valence-electron chi connectivity index (χ2n) is 12.6. The van der Waals surface area contributed by atoms with E-state index in [1.807, 2.05) is 60.7 Å². The molecule has 0 radical (unpaired) electrons. The number of imidazole rings is 1. The Morgan fingerprint density at radius 1 is 0.412 bits per heavy atom. The van der Waals surface area contributed by atoms with Gasteiger partial charge in [0.05, 0.1) is 45.2 Å². The van der Waals surface area contributed by atoms with Crippen LogP contribution in [-0.4, -0.2) is 29.3 Å². The molecule has 51 heavy (non-hydrogen) atoms. The van der Waals surface area contributed by atoms with Gasteiger partial charge in [-0.05, 0) is 54.6 Å². The molecule has 0 saturated heterocycles. The zero-order valence-electron chi connectivity index (χ0n) is 27.3. The van der Waals surface area contributed by atoms with Gasteiger partial charge >= 0.3 is 0 Å². The fourth-order valence-corrected chi connectivity index (χ4v) is 6.94. The predicted molar refractivity (Wildman–Crippen MR) is 206 cm³/mol. The second-order valence-corrected chi connectivity index (χ2v) is 12.6. The first-order valence-electron chi connectivity index (χ1n) is 16.9. The average molecular weight is 653 g/mol. The minimum Gasteiger partial charge on any atom is -0.306 e. The molecule has 0 aliphatic rings. The molecule has 0 N–H and O–H groups in total. The van der Waals surface area contributed by atoms with Crippen molar-refractivity contribution in [2.24, 2.45) is 0 Å². The maximum atomic E-state index is 5.18. The van der Waals surface area contributed by atoms with E-state index in [9.17, 15) is 0 Å². The summed E-state index contributed by atoms with van der Waals surface area (Å²) >= 11 is 0. The third-order valence-corrected chi connectivity index (χ3v) is 9.47. The lowest BCUT2D eigenvalue weighted by Gasteiger charge is -2.12. The Morgan fingerprint density at radius 2 is 1.16 bits per heavy atom. The molecule has 0 saturated carbocycles. The maximum absolute atomic E-state index is 5.18. The van der Waals surface area contributed by atoms with E-state index in [1.165, 1.54) is 0 Å². The Morgan fingerprint density at radius 3 is 2.04 bits per heavy atom. The number of benzene rings is 4. The van der Waals surface area contributed by atoms with Crippen molar-refractivity contribution in [2.45, 2.75) is 0 Å². The number of fused-ring (bicyclic) bond motifs is 6. The third kappa shape index (κ3) is 5.09. The number of aromatic nitrogens is 6. The van der Waals surface area contributed by atoms with E-state index >= 15 is 0 Å². The van der Waals surface area contributed by atoms with Crippen LogP contribution in [0.4, 0.5) is 0 Å². The first-order valence-corrected chi connectivity index (χ1v) is 16.9.